The molecule has 0 aliphatic heterocycles. The van der Waals surface area contributed by atoms with Crippen molar-refractivity contribution in [3.05, 3.63) is 34.6 Å². The van der Waals surface area contributed by atoms with Crippen molar-refractivity contribution in [2.75, 3.05) is 7.05 Å². The topological polar surface area (TPSA) is 12.0 Å². The molecule has 1 aliphatic carbocycles. The lowest BCUT2D eigenvalue weighted by atomic mass is 9.79. The molecule has 1 fully saturated rings. The predicted octanol–water partition coefficient (Wildman–Crippen LogP) is 3.89. The van der Waals surface area contributed by atoms with Gasteiger partial charge in [-0.3, -0.25) is 0 Å². The first-order valence-electron chi connectivity index (χ1n) is 6.55. The number of aryl methyl sites for hydroxylation is 2. The van der Waals surface area contributed by atoms with Gasteiger partial charge in [0.15, 0.2) is 0 Å². The summed E-state index contributed by atoms with van der Waals surface area (Å²) in [6, 6.07) is 3.89. The van der Waals surface area contributed by atoms with Crippen LogP contribution >= 0.6 is 0 Å². The highest BCUT2D eigenvalue weighted by molar-refractivity contribution is 5.34. The highest BCUT2D eigenvalue weighted by atomic mass is 19.1. The highest BCUT2D eigenvalue weighted by Gasteiger charge is 2.24. The monoisotopic (exact) mass is 235 g/mol. The van der Waals surface area contributed by atoms with E-state index in [1.54, 1.807) is 6.07 Å². The number of rotatable bonds is 4. The summed E-state index contributed by atoms with van der Waals surface area (Å²) in [5.41, 5.74) is 2.94. The Morgan fingerprint density at radius 1 is 1.35 bits per heavy atom. The van der Waals surface area contributed by atoms with Crippen LogP contribution in [0.5, 0.6) is 0 Å². The average molecular weight is 235 g/mol. The minimum Gasteiger partial charge on any atom is -0.313 e. The fourth-order valence-corrected chi connectivity index (χ4v) is 2.81. The Morgan fingerprint density at radius 2 is 2.06 bits per heavy atom. The van der Waals surface area contributed by atoms with Crippen molar-refractivity contribution in [2.24, 2.45) is 5.92 Å². The van der Waals surface area contributed by atoms with Crippen molar-refractivity contribution in [1.29, 1.82) is 0 Å². The first-order chi connectivity index (χ1) is 8.11. The van der Waals surface area contributed by atoms with E-state index in [-0.39, 0.29) is 11.9 Å². The first-order valence-corrected chi connectivity index (χ1v) is 6.55. The van der Waals surface area contributed by atoms with Gasteiger partial charge in [-0.15, -0.1) is 0 Å². The smallest absolute Gasteiger partial charge is 0.128 e. The largest absolute Gasteiger partial charge is 0.313 e. The van der Waals surface area contributed by atoms with Gasteiger partial charge < -0.3 is 5.32 Å². The third kappa shape index (κ3) is 2.68. The van der Waals surface area contributed by atoms with Crippen molar-refractivity contribution < 1.29 is 4.39 Å². The Kier molecular flexibility index (Phi) is 3.82. The van der Waals surface area contributed by atoms with E-state index in [2.05, 4.69) is 11.4 Å². The molecule has 1 N–H and O–H groups in total. The third-order valence-electron chi connectivity index (χ3n) is 3.97. The maximum atomic E-state index is 14.1. The van der Waals surface area contributed by atoms with Crippen LogP contribution in [0.4, 0.5) is 4.39 Å². The molecule has 1 atom stereocenters. The second-order valence-electron chi connectivity index (χ2n) is 5.35. The van der Waals surface area contributed by atoms with Gasteiger partial charge in [-0.05, 0) is 50.4 Å². The molecule has 0 amide bonds. The molecule has 1 aromatic rings. The number of hydrogen-bond donors (Lipinski definition) is 1. The van der Waals surface area contributed by atoms with Gasteiger partial charge in [0.1, 0.15) is 5.82 Å². The van der Waals surface area contributed by atoms with Crippen LogP contribution in [-0.2, 0) is 0 Å². The molecule has 0 aromatic heterocycles. The summed E-state index contributed by atoms with van der Waals surface area (Å²) in [4.78, 5) is 0. The van der Waals surface area contributed by atoms with Gasteiger partial charge in [0, 0.05) is 11.6 Å². The third-order valence-corrected chi connectivity index (χ3v) is 3.97. The summed E-state index contributed by atoms with van der Waals surface area (Å²) < 4.78 is 14.1. The van der Waals surface area contributed by atoms with Gasteiger partial charge in [-0.25, -0.2) is 4.39 Å². The molecule has 1 nitrogen and oxygen atoms in total. The second-order valence-corrected chi connectivity index (χ2v) is 5.35. The molecule has 1 aromatic carbocycles. The van der Waals surface area contributed by atoms with E-state index in [0.717, 1.165) is 29.0 Å². The van der Waals surface area contributed by atoms with E-state index in [4.69, 9.17) is 0 Å². The van der Waals surface area contributed by atoms with Crippen LogP contribution < -0.4 is 5.32 Å². The van der Waals surface area contributed by atoms with Crippen molar-refractivity contribution >= 4 is 0 Å². The molecular formula is C15H22FN. The van der Waals surface area contributed by atoms with E-state index in [1.807, 2.05) is 20.9 Å². The van der Waals surface area contributed by atoms with Gasteiger partial charge in [0.2, 0.25) is 0 Å². The highest BCUT2D eigenvalue weighted by Crippen LogP contribution is 2.36. The summed E-state index contributed by atoms with van der Waals surface area (Å²) in [7, 11) is 1.93. The van der Waals surface area contributed by atoms with Crippen molar-refractivity contribution in [1.82, 2.24) is 5.32 Å². The summed E-state index contributed by atoms with van der Waals surface area (Å²) >= 11 is 0. The Bertz CT molecular complexity index is 373. The van der Waals surface area contributed by atoms with Crippen molar-refractivity contribution in [3.8, 4) is 0 Å². The van der Waals surface area contributed by atoms with Gasteiger partial charge in [0.25, 0.3) is 0 Å². The molecule has 0 bridgehead atoms. The number of halogens is 1. The maximum Gasteiger partial charge on any atom is 0.128 e. The molecule has 0 saturated heterocycles. The van der Waals surface area contributed by atoms with Crippen LogP contribution in [0, 0.1) is 25.6 Å². The predicted molar refractivity (Wildman–Crippen MR) is 69.6 cm³/mol. The molecule has 17 heavy (non-hydrogen) atoms. The SMILES string of the molecule is CNC(CC1CCC1)c1c(C)cc(C)cc1F. The van der Waals surface area contributed by atoms with Crippen LogP contribution in [0.1, 0.15) is 48.4 Å². The summed E-state index contributed by atoms with van der Waals surface area (Å²) in [5, 5.41) is 3.28. The van der Waals surface area contributed by atoms with E-state index in [0.29, 0.717) is 0 Å². The van der Waals surface area contributed by atoms with Gasteiger partial charge >= 0.3 is 0 Å². The number of benzene rings is 1. The normalized spacial score (nSPS) is 17.9. The summed E-state index contributed by atoms with van der Waals surface area (Å²) in [6.07, 6.45) is 5.03. The van der Waals surface area contributed by atoms with E-state index in [1.165, 1.54) is 19.3 Å². The fourth-order valence-electron chi connectivity index (χ4n) is 2.81. The molecule has 2 heteroatoms. The van der Waals surface area contributed by atoms with Crippen molar-refractivity contribution in [2.45, 2.75) is 45.6 Å². The van der Waals surface area contributed by atoms with Gasteiger partial charge in [-0.2, -0.15) is 0 Å². The second kappa shape index (κ2) is 5.18. The first kappa shape index (κ1) is 12.6. The molecule has 0 radical (unpaired) electrons. The minimum absolute atomic E-state index is 0.0545. The van der Waals surface area contributed by atoms with Crippen LogP contribution in [0.25, 0.3) is 0 Å². The van der Waals surface area contributed by atoms with E-state index >= 15 is 0 Å². The molecule has 1 aliphatic rings. The Balaban J connectivity index is 2.22. The Morgan fingerprint density at radius 3 is 2.53 bits per heavy atom. The number of hydrogen-bond acceptors (Lipinski definition) is 1. The van der Waals surface area contributed by atoms with Crippen LogP contribution in [-0.4, -0.2) is 7.05 Å². The quantitative estimate of drug-likeness (QED) is 0.834. The molecule has 1 saturated carbocycles. The standard InChI is InChI=1S/C15H22FN/c1-10-7-11(2)15(13(16)8-10)14(17-3)9-12-5-4-6-12/h7-8,12,14,17H,4-6,9H2,1-3H3. The minimum atomic E-state index is -0.0545. The molecule has 0 heterocycles. The van der Waals surface area contributed by atoms with Crippen LogP contribution in [0.15, 0.2) is 12.1 Å². The van der Waals surface area contributed by atoms with Crippen molar-refractivity contribution in [3.63, 3.8) is 0 Å². The summed E-state index contributed by atoms with van der Waals surface area (Å²) in [5.74, 6) is 0.730. The molecular weight excluding hydrogens is 213 g/mol. The van der Waals surface area contributed by atoms with Crippen LogP contribution in [0.3, 0.4) is 0 Å². The molecule has 0 spiro atoms. The van der Waals surface area contributed by atoms with Crippen LogP contribution in [0.2, 0.25) is 0 Å². The molecule has 94 valence electrons. The van der Waals surface area contributed by atoms with E-state index < -0.39 is 0 Å². The maximum absolute atomic E-state index is 14.1. The zero-order valence-electron chi connectivity index (χ0n) is 11.0. The Hall–Kier alpha value is -0.890. The zero-order valence-corrected chi connectivity index (χ0v) is 11.0. The van der Waals surface area contributed by atoms with Gasteiger partial charge in [0.05, 0.1) is 0 Å². The van der Waals surface area contributed by atoms with Gasteiger partial charge in [-0.1, -0.05) is 25.3 Å². The lowest BCUT2D eigenvalue weighted by Crippen LogP contribution is -2.24. The Labute approximate surface area is 103 Å². The lowest BCUT2D eigenvalue weighted by molar-refractivity contribution is 0.263. The fraction of sp³-hybridized carbons (Fsp3) is 0.600. The summed E-state index contributed by atoms with van der Waals surface area (Å²) in [6.45, 7) is 3.96. The van der Waals surface area contributed by atoms with E-state index in [9.17, 15) is 4.39 Å². The zero-order chi connectivity index (χ0) is 12.4. The number of nitrogens with one attached hydrogen (secondary N) is 1. The molecule has 1 unspecified atom stereocenters. The average Bonchev–Trinajstić information content (AvgIpc) is 2.18. The molecule has 2 rings (SSSR count). The lowest BCUT2D eigenvalue weighted by Gasteiger charge is -2.30.